The number of anilines is 1. The number of carbonyl (C=O) groups excluding carboxylic acids is 1. The first-order valence-electron chi connectivity index (χ1n) is 8.03. The van der Waals surface area contributed by atoms with Gasteiger partial charge in [0.15, 0.2) is 0 Å². The molecule has 0 saturated carbocycles. The number of rotatable bonds is 2. The highest BCUT2D eigenvalue weighted by Gasteiger charge is 2.34. The Hall–Kier alpha value is -2.41. The van der Waals surface area contributed by atoms with E-state index in [2.05, 4.69) is 20.7 Å². The molecule has 0 spiro atoms. The fourth-order valence-electron chi connectivity index (χ4n) is 3.45. The summed E-state index contributed by atoms with van der Waals surface area (Å²) in [5.41, 5.74) is 1.65. The lowest BCUT2D eigenvalue weighted by atomic mass is 9.95. The van der Waals surface area contributed by atoms with Gasteiger partial charge in [-0.05, 0) is 43.5 Å². The summed E-state index contributed by atoms with van der Waals surface area (Å²) in [6.45, 7) is 2.75. The van der Waals surface area contributed by atoms with Crippen molar-refractivity contribution in [3.63, 3.8) is 0 Å². The van der Waals surface area contributed by atoms with Gasteiger partial charge in [0.25, 0.3) is 0 Å². The van der Waals surface area contributed by atoms with Crippen molar-refractivity contribution in [2.75, 3.05) is 25.0 Å². The number of urea groups is 1. The lowest BCUT2D eigenvalue weighted by Crippen LogP contribution is -2.49. The molecule has 7 heteroatoms. The number of hydrogen-bond donors (Lipinski definition) is 2. The van der Waals surface area contributed by atoms with Crippen LogP contribution in [-0.2, 0) is 0 Å². The molecular weight excluding hydrogens is 292 g/mol. The summed E-state index contributed by atoms with van der Waals surface area (Å²) in [7, 11) is 0. The summed E-state index contributed by atoms with van der Waals surface area (Å²) in [5.74, 6) is 0.570. The lowest BCUT2D eigenvalue weighted by Gasteiger charge is -2.36. The molecule has 2 amide bonds. The first-order valence-corrected chi connectivity index (χ1v) is 8.03. The summed E-state index contributed by atoms with van der Waals surface area (Å²) >= 11 is 0. The summed E-state index contributed by atoms with van der Waals surface area (Å²) in [4.78, 5) is 18.6. The molecular formula is C16H20N6O. The third-order valence-corrected chi connectivity index (χ3v) is 4.66. The van der Waals surface area contributed by atoms with E-state index in [0.29, 0.717) is 12.0 Å². The molecule has 4 heterocycles. The fraction of sp³-hybridized carbons (Fsp3) is 0.438. The smallest absolute Gasteiger partial charge is 0.320 e. The van der Waals surface area contributed by atoms with E-state index in [4.69, 9.17) is 0 Å². The molecule has 3 aliphatic rings. The predicted molar refractivity (Wildman–Crippen MR) is 86.5 cm³/mol. The van der Waals surface area contributed by atoms with Crippen molar-refractivity contribution in [3.05, 3.63) is 36.9 Å². The van der Waals surface area contributed by atoms with Crippen molar-refractivity contribution in [3.8, 4) is 5.69 Å². The Labute approximate surface area is 134 Å². The summed E-state index contributed by atoms with van der Waals surface area (Å²) in [6.07, 6.45) is 5.43. The van der Waals surface area contributed by atoms with Crippen LogP contribution in [0.15, 0.2) is 36.9 Å². The molecule has 1 aromatic heterocycles. The van der Waals surface area contributed by atoms with Gasteiger partial charge in [-0.1, -0.05) is 6.07 Å². The van der Waals surface area contributed by atoms with Crippen molar-refractivity contribution in [1.82, 2.24) is 25.0 Å². The molecule has 5 rings (SSSR count). The van der Waals surface area contributed by atoms with Gasteiger partial charge >= 0.3 is 6.03 Å². The zero-order chi connectivity index (χ0) is 15.6. The van der Waals surface area contributed by atoms with Crippen LogP contribution in [0.1, 0.15) is 12.8 Å². The first kappa shape index (κ1) is 14.2. The molecule has 2 N–H and O–H groups in total. The Kier molecular flexibility index (Phi) is 3.70. The number of benzene rings is 1. The molecule has 2 bridgehead atoms. The Morgan fingerprint density at radius 3 is 3.13 bits per heavy atom. The van der Waals surface area contributed by atoms with Gasteiger partial charge in [-0.15, -0.1) is 0 Å². The molecule has 3 saturated heterocycles. The Morgan fingerprint density at radius 2 is 2.26 bits per heavy atom. The second-order valence-corrected chi connectivity index (χ2v) is 6.23. The van der Waals surface area contributed by atoms with Crippen LogP contribution in [0, 0.1) is 5.92 Å². The van der Waals surface area contributed by atoms with Crippen LogP contribution in [0.3, 0.4) is 0 Å². The number of aromatic nitrogens is 3. The van der Waals surface area contributed by atoms with Crippen LogP contribution >= 0.6 is 0 Å². The van der Waals surface area contributed by atoms with E-state index in [1.165, 1.54) is 12.7 Å². The highest BCUT2D eigenvalue weighted by molar-refractivity contribution is 5.90. The monoisotopic (exact) mass is 312 g/mol. The molecule has 2 atom stereocenters. The van der Waals surface area contributed by atoms with E-state index in [-0.39, 0.29) is 6.03 Å². The number of hydrogen-bond acceptors (Lipinski definition) is 4. The maximum Gasteiger partial charge on any atom is 0.322 e. The molecule has 2 unspecified atom stereocenters. The lowest BCUT2D eigenvalue weighted by molar-refractivity contribution is 0.153. The van der Waals surface area contributed by atoms with Gasteiger partial charge in [0.1, 0.15) is 12.7 Å². The molecule has 7 nitrogen and oxygen atoms in total. The molecule has 0 radical (unpaired) electrons. The van der Waals surface area contributed by atoms with Gasteiger partial charge in [-0.25, -0.2) is 14.5 Å². The third-order valence-electron chi connectivity index (χ3n) is 4.66. The normalized spacial score (nSPS) is 23.6. The van der Waals surface area contributed by atoms with Crippen molar-refractivity contribution >= 4 is 11.7 Å². The zero-order valence-corrected chi connectivity index (χ0v) is 12.9. The van der Waals surface area contributed by atoms with Crippen molar-refractivity contribution < 1.29 is 4.79 Å². The number of carbonyl (C=O) groups is 1. The standard InChI is InChI=1S/C16H20N6O/c23-16(21-9-12-4-5-15(21)8-17-7-12)20-13-2-1-3-14(6-13)22-11-18-10-19-22/h1-3,6,10-12,15,17H,4-5,7-9H2,(H,20,23). The number of amides is 2. The van der Waals surface area contributed by atoms with Gasteiger partial charge in [-0.3, -0.25) is 0 Å². The highest BCUT2D eigenvalue weighted by atomic mass is 16.2. The van der Waals surface area contributed by atoms with E-state index < -0.39 is 0 Å². The average Bonchev–Trinajstić information content (AvgIpc) is 2.92. The molecule has 3 aliphatic heterocycles. The van der Waals surface area contributed by atoms with Crippen molar-refractivity contribution in [2.45, 2.75) is 18.9 Å². The quantitative estimate of drug-likeness (QED) is 0.881. The van der Waals surface area contributed by atoms with E-state index in [1.54, 1.807) is 11.0 Å². The van der Waals surface area contributed by atoms with Crippen molar-refractivity contribution in [1.29, 1.82) is 0 Å². The van der Waals surface area contributed by atoms with Crippen LogP contribution in [0.2, 0.25) is 0 Å². The number of nitrogens with one attached hydrogen (secondary N) is 2. The molecule has 3 fully saturated rings. The summed E-state index contributed by atoms with van der Waals surface area (Å²) < 4.78 is 1.67. The predicted octanol–water partition coefficient (Wildman–Crippen LogP) is 1.48. The molecule has 0 aliphatic carbocycles. The minimum absolute atomic E-state index is 0.0147. The summed E-state index contributed by atoms with van der Waals surface area (Å²) in [6, 6.07) is 7.92. The Balaban J connectivity index is 1.49. The number of piperidine rings is 1. The second-order valence-electron chi connectivity index (χ2n) is 6.23. The SMILES string of the molecule is O=C(Nc1cccc(-n2cncn2)c1)N1CC2CCC1CNC2. The largest absolute Gasteiger partial charge is 0.322 e. The van der Waals surface area contributed by atoms with E-state index in [0.717, 1.165) is 37.4 Å². The molecule has 120 valence electrons. The van der Waals surface area contributed by atoms with Crippen LogP contribution in [-0.4, -0.2) is 51.4 Å². The minimum Gasteiger partial charge on any atom is -0.320 e. The Morgan fingerprint density at radius 1 is 1.30 bits per heavy atom. The second kappa shape index (κ2) is 6.00. The van der Waals surface area contributed by atoms with E-state index in [1.807, 2.05) is 29.2 Å². The summed E-state index contributed by atoms with van der Waals surface area (Å²) in [5, 5.41) is 10.6. The van der Waals surface area contributed by atoms with Crippen LogP contribution < -0.4 is 10.6 Å². The Bertz CT molecular complexity index is 682. The van der Waals surface area contributed by atoms with Gasteiger partial charge in [0, 0.05) is 24.8 Å². The maximum atomic E-state index is 12.7. The number of nitrogens with zero attached hydrogens (tertiary/aromatic N) is 4. The number of fused-ring (bicyclic) bond motifs is 4. The van der Waals surface area contributed by atoms with Crippen molar-refractivity contribution in [2.24, 2.45) is 5.92 Å². The van der Waals surface area contributed by atoms with Crippen LogP contribution in [0.4, 0.5) is 10.5 Å². The van der Waals surface area contributed by atoms with E-state index >= 15 is 0 Å². The highest BCUT2D eigenvalue weighted by Crippen LogP contribution is 2.25. The molecule has 2 aromatic rings. The minimum atomic E-state index is -0.0147. The van der Waals surface area contributed by atoms with Gasteiger partial charge in [0.05, 0.1) is 5.69 Å². The van der Waals surface area contributed by atoms with Gasteiger partial charge in [-0.2, -0.15) is 5.10 Å². The molecule has 23 heavy (non-hydrogen) atoms. The first-order chi connectivity index (χ1) is 11.3. The topological polar surface area (TPSA) is 75.1 Å². The average molecular weight is 312 g/mol. The zero-order valence-electron chi connectivity index (χ0n) is 12.9. The third kappa shape index (κ3) is 2.92. The van der Waals surface area contributed by atoms with Gasteiger partial charge in [0.2, 0.25) is 0 Å². The molecule has 1 aromatic carbocycles. The van der Waals surface area contributed by atoms with Crippen LogP contribution in [0.25, 0.3) is 5.69 Å². The van der Waals surface area contributed by atoms with Gasteiger partial charge < -0.3 is 15.5 Å². The fourth-order valence-corrected chi connectivity index (χ4v) is 3.45. The van der Waals surface area contributed by atoms with Crippen LogP contribution in [0.5, 0.6) is 0 Å². The van der Waals surface area contributed by atoms with E-state index in [9.17, 15) is 4.79 Å². The maximum absolute atomic E-state index is 12.7.